The first-order chi connectivity index (χ1) is 14.6. The van der Waals surface area contributed by atoms with Crippen molar-refractivity contribution in [2.75, 3.05) is 15.8 Å². The van der Waals surface area contributed by atoms with Crippen LogP contribution in [-0.4, -0.2) is 24.6 Å². The Hall–Kier alpha value is -2.77. The molecule has 2 aromatic carbocycles. The van der Waals surface area contributed by atoms with E-state index in [4.69, 9.17) is 11.6 Å². The molecule has 0 saturated heterocycles. The van der Waals surface area contributed by atoms with Gasteiger partial charge in [0.1, 0.15) is 0 Å². The van der Waals surface area contributed by atoms with Crippen LogP contribution in [0.1, 0.15) is 40.7 Å². The summed E-state index contributed by atoms with van der Waals surface area (Å²) in [6.45, 7) is 7.41. The number of anilines is 2. The molecule has 0 bridgehead atoms. The Balaban J connectivity index is 1.88. The lowest BCUT2D eigenvalue weighted by Gasteiger charge is -2.14. The zero-order valence-electron chi connectivity index (χ0n) is 18.0. The van der Waals surface area contributed by atoms with Gasteiger partial charge in [-0.2, -0.15) is 0 Å². The molecule has 0 fully saturated rings. The Morgan fingerprint density at radius 1 is 1.03 bits per heavy atom. The number of amides is 1. The third-order valence-corrected chi connectivity index (χ3v) is 6.81. The van der Waals surface area contributed by atoms with Crippen LogP contribution in [0.2, 0.25) is 5.02 Å². The van der Waals surface area contributed by atoms with E-state index >= 15 is 0 Å². The molecule has 0 aliphatic heterocycles. The van der Waals surface area contributed by atoms with E-state index in [9.17, 15) is 13.2 Å². The summed E-state index contributed by atoms with van der Waals surface area (Å²) in [6, 6.07) is 14.4. The zero-order chi connectivity index (χ0) is 22.8. The minimum absolute atomic E-state index is 0.0414. The van der Waals surface area contributed by atoms with Gasteiger partial charge in [0.25, 0.3) is 5.91 Å². The number of aromatic nitrogens is 1. The molecule has 164 valence electrons. The van der Waals surface area contributed by atoms with Crippen LogP contribution >= 0.6 is 11.6 Å². The first-order valence-corrected chi connectivity index (χ1v) is 12.0. The van der Waals surface area contributed by atoms with Crippen molar-refractivity contribution >= 4 is 38.9 Å². The van der Waals surface area contributed by atoms with Gasteiger partial charge >= 0.3 is 0 Å². The van der Waals surface area contributed by atoms with E-state index in [2.05, 4.69) is 10.0 Å². The average Bonchev–Trinajstić information content (AvgIpc) is 3.00. The Kier molecular flexibility index (Phi) is 6.77. The molecule has 31 heavy (non-hydrogen) atoms. The van der Waals surface area contributed by atoms with Gasteiger partial charge in [-0.15, -0.1) is 0 Å². The number of sulfonamides is 1. The van der Waals surface area contributed by atoms with E-state index in [1.807, 2.05) is 55.7 Å². The fourth-order valence-electron chi connectivity index (χ4n) is 3.54. The molecule has 1 aromatic heterocycles. The number of nitrogens with one attached hydrogen (secondary N) is 2. The van der Waals surface area contributed by atoms with Crippen molar-refractivity contribution in [2.45, 2.75) is 34.1 Å². The smallest absolute Gasteiger partial charge is 0.257 e. The molecule has 6 nitrogen and oxygen atoms in total. The SMILES string of the molecule is CCCS(=O)(=O)Nc1cccc(NC(=O)c2cc(C)n(-c3ccc(Cl)cc3)c2C)c1C. The number of benzene rings is 2. The highest BCUT2D eigenvalue weighted by molar-refractivity contribution is 7.92. The van der Waals surface area contributed by atoms with Gasteiger partial charge in [0.15, 0.2) is 0 Å². The maximum atomic E-state index is 13.1. The van der Waals surface area contributed by atoms with Gasteiger partial charge in [0, 0.05) is 27.8 Å². The van der Waals surface area contributed by atoms with Gasteiger partial charge in [-0.25, -0.2) is 8.42 Å². The molecule has 0 radical (unpaired) electrons. The zero-order valence-corrected chi connectivity index (χ0v) is 19.6. The predicted octanol–water partition coefficient (Wildman–Crippen LogP) is 5.46. The van der Waals surface area contributed by atoms with Gasteiger partial charge < -0.3 is 9.88 Å². The summed E-state index contributed by atoms with van der Waals surface area (Å²) < 4.78 is 28.9. The second kappa shape index (κ2) is 9.16. The van der Waals surface area contributed by atoms with Crippen molar-refractivity contribution in [1.29, 1.82) is 0 Å². The minimum atomic E-state index is -3.42. The highest BCUT2D eigenvalue weighted by atomic mass is 35.5. The normalized spacial score (nSPS) is 11.4. The van der Waals surface area contributed by atoms with Gasteiger partial charge in [-0.3, -0.25) is 9.52 Å². The summed E-state index contributed by atoms with van der Waals surface area (Å²) in [5, 5.41) is 3.57. The van der Waals surface area contributed by atoms with Crippen LogP contribution in [0.3, 0.4) is 0 Å². The van der Waals surface area contributed by atoms with Crippen LogP contribution in [0.25, 0.3) is 5.69 Å². The minimum Gasteiger partial charge on any atom is -0.322 e. The Labute approximate surface area is 188 Å². The van der Waals surface area contributed by atoms with Gasteiger partial charge in [0.2, 0.25) is 10.0 Å². The molecule has 1 amide bonds. The quantitative estimate of drug-likeness (QED) is 0.492. The van der Waals surface area contributed by atoms with E-state index < -0.39 is 10.0 Å². The van der Waals surface area contributed by atoms with Crippen molar-refractivity contribution in [3.8, 4) is 5.69 Å². The molecular weight excluding hydrogens is 434 g/mol. The number of carbonyl (C=O) groups excluding carboxylic acids is 1. The number of rotatable bonds is 7. The number of hydrogen-bond acceptors (Lipinski definition) is 3. The molecule has 0 aliphatic rings. The van der Waals surface area contributed by atoms with Crippen LogP contribution in [0.4, 0.5) is 11.4 Å². The fourth-order valence-corrected chi connectivity index (χ4v) is 4.86. The van der Waals surface area contributed by atoms with Crippen molar-refractivity contribution in [3.05, 3.63) is 76.1 Å². The topological polar surface area (TPSA) is 80.2 Å². The highest BCUT2D eigenvalue weighted by Crippen LogP contribution is 2.27. The van der Waals surface area contributed by atoms with Crippen LogP contribution in [-0.2, 0) is 10.0 Å². The van der Waals surface area contributed by atoms with Crippen LogP contribution in [0.5, 0.6) is 0 Å². The van der Waals surface area contributed by atoms with Crippen molar-refractivity contribution in [2.24, 2.45) is 0 Å². The highest BCUT2D eigenvalue weighted by Gasteiger charge is 2.19. The van der Waals surface area contributed by atoms with E-state index in [-0.39, 0.29) is 11.7 Å². The van der Waals surface area contributed by atoms with Crippen molar-refractivity contribution < 1.29 is 13.2 Å². The lowest BCUT2D eigenvalue weighted by molar-refractivity contribution is 0.102. The van der Waals surface area contributed by atoms with Gasteiger partial charge in [-0.1, -0.05) is 24.6 Å². The van der Waals surface area contributed by atoms with E-state index in [1.165, 1.54) is 0 Å². The molecule has 8 heteroatoms. The summed E-state index contributed by atoms with van der Waals surface area (Å²) >= 11 is 5.99. The molecule has 0 spiro atoms. The number of carbonyl (C=O) groups is 1. The van der Waals surface area contributed by atoms with Crippen molar-refractivity contribution in [1.82, 2.24) is 4.57 Å². The maximum absolute atomic E-state index is 13.1. The van der Waals surface area contributed by atoms with Crippen LogP contribution in [0, 0.1) is 20.8 Å². The van der Waals surface area contributed by atoms with Crippen molar-refractivity contribution in [3.63, 3.8) is 0 Å². The summed E-state index contributed by atoms with van der Waals surface area (Å²) in [5.74, 6) is -0.218. The predicted molar refractivity (Wildman–Crippen MR) is 127 cm³/mol. The summed E-state index contributed by atoms with van der Waals surface area (Å²) in [7, 11) is -3.42. The van der Waals surface area contributed by atoms with E-state index in [1.54, 1.807) is 25.1 Å². The van der Waals surface area contributed by atoms with E-state index in [0.29, 0.717) is 33.9 Å². The molecule has 0 atom stereocenters. The van der Waals surface area contributed by atoms with Gasteiger partial charge in [0.05, 0.1) is 17.0 Å². The third kappa shape index (κ3) is 5.11. The lowest BCUT2D eigenvalue weighted by Crippen LogP contribution is -2.18. The molecule has 3 rings (SSSR count). The molecule has 2 N–H and O–H groups in total. The number of halogens is 1. The summed E-state index contributed by atoms with van der Waals surface area (Å²) in [4.78, 5) is 13.1. The maximum Gasteiger partial charge on any atom is 0.257 e. The lowest BCUT2D eigenvalue weighted by atomic mass is 10.1. The standard InChI is InChI=1S/C23H26ClN3O3S/c1-5-13-31(29,30)26-22-8-6-7-21(16(22)3)25-23(28)20-14-15(2)27(17(20)4)19-11-9-18(24)10-12-19/h6-12,14,26H,5,13H2,1-4H3,(H,25,28). The summed E-state index contributed by atoms with van der Waals surface area (Å²) in [6.07, 6.45) is 0.522. The third-order valence-electron chi connectivity index (χ3n) is 5.08. The van der Waals surface area contributed by atoms with Crippen LogP contribution in [0.15, 0.2) is 48.5 Å². The van der Waals surface area contributed by atoms with Crippen LogP contribution < -0.4 is 10.0 Å². The fraction of sp³-hybridized carbons (Fsp3) is 0.261. The molecular formula is C23H26ClN3O3S. The second-order valence-electron chi connectivity index (χ2n) is 7.45. The Morgan fingerprint density at radius 3 is 2.32 bits per heavy atom. The van der Waals surface area contributed by atoms with Gasteiger partial charge in [-0.05, 0) is 75.2 Å². The molecule has 0 aliphatic carbocycles. The average molecular weight is 460 g/mol. The molecule has 1 heterocycles. The molecule has 0 saturated carbocycles. The monoisotopic (exact) mass is 459 g/mol. The molecule has 0 unspecified atom stereocenters. The number of aryl methyl sites for hydroxylation is 1. The molecule has 3 aromatic rings. The number of nitrogens with zero attached hydrogens (tertiary/aromatic N) is 1. The Morgan fingerprint density at radius 2 is 1.68 bits per heavy atom. The first-order valence-electron chi connectivity index (χ1n) is 9.99. The van der Waals surface area contributed by atoms with E-state index in [0.717, 1.165) is 17.1 Å². The summed E-state index contributed by atoms with van der Waals surface area (Å²) in [5.41, 5.74) is 4.85. The largest absolute Gasteiger partial charge is 0.322 e. The Bertz CT molecular complexity index is 1220. The first kappa shape index (κ1) is 22.9. The number of hydrogen-bond donors (Lipinski definition) is 2. The second-order valence-corrected chi connectivity index (χ2v) is 9.73.